The van der Waals surface area contributed by atoms with Crippen molar-refractivity contribution >= 4 is 23.7 Å². The van der Waals surface area contributed by atoms with Gasteiger partial charge >= 0.3 is 5.97 Å². The standard InChI is InChI=1S/C62H115N11O11/c1-2-3-4-5-6-7-8-9-10-11-12-23-56(76)69-52(60(80)70-53(61(81)82)49-83-62-59(79)58(78)57(77)54(48-74)84-62)21-13-15-33-68-55(75)22-14-16-39-71-41-20-42-73(45-38-67-31-18-30-65-36-43-71)47-51-26-24-50(25-27-51)46-72-40-19-32-64-35-34-63-28-17-29-66-37-44-72/h24-27,52-54,57-59,62-67,74,77-79H,2-23,28-49H2,1H3,(H,68,75)(H,69,76)(H,70,80)(H,81,82)/t52-,53-,54+,57-,58-,59+,62+/m0/s1. The minimum Gasteiger partial charge on any atom is -0.480 e. The van der Waals surface area contributed by atoms with Crippen molar-refractivity contribution in [1.82, 2.24) is 57.2 Å². The Kier molecular flexibility index (Phi) is 40.6. The number of carbonyl (C=O) groups excluding carboxylic acids is 3. The van der Waals surface area contributed by atoms with Crippen LogP contribution in [0, 0.1) is 0 Å². The molecule has 0 unspecified atom stereocenters. The Hall–Kier alpha value is -3.46. The summed E-state index contributed by atoms with van der Waals surface area (Å²) in [7, 11) is 0. The van der Waals surface area contributed by atoms with Crippen molar-refractivity contribution < 1.29 is 54.2 Å². The number of rotatable bonds is 34. The molecule has 3 fully saturated rings. The maximum Gasteiger partial charge on any atom is 0.328 e. The van der Waals surface area contributed by atoms with Gasteiger partial charge in [0.05, 0.1) is 13.2 Å². The largest absolute Gasteiger partial charge is 0.480 e. The number of ether oxygens (including phenoxy) is 2. The first-order valence-electron chi connectivity index (χ1n) is 32.8. The maximum absolute atomic E-state index is 13.7. The van der Waals surface area contributed by atoms with Gasteiger partial charge in [0.15, 0.2) is 12.3 Å². The van der Waals surface area contributed by atoms with Crippen LogP contribution in [0.2, 0.25) is 0 Å². The van der Waals surface area contributed by atoms with E-state index in [4.69, 9.17) is 9.47 Å². The van der Waals surface area contributed by atoms with Gasteiger partial charge in [-0.15, -0.1) is 0 Å². The first-order valence-corrected chi connectivity index (χ1v) is 32.8. The average Bonchev–Trinajstić information content (AvgIpc) is 3.58. The second kappa shape index (κ2) is 46.7. The van der Waals surface area contributed by atoms with E-state index in [2.05, 4.69) is 88.4 Å². The molecule has 22 heteroatoms. The lowest BCUT2D eigenvalue weighted by Crippen LogP contribution is -2.60. The number of unbranched alkanes of at least 4 members (excludes halogenated alkanes) is 12. The zero-order valence-corrected chi connectivity index (χ0v) is 51.5. The number of hydrogen-bond acceptors (Lipinski definition) is 18. The molecule has 3 aliphatic heterocycles. The van der Waals surface area contributed by atoms with Crippen LogP contribution in [0.25, 0.3) is 0 Å². The third kappa shape index (κ3) is 33.0. The number of carboxylic acid groups (broad SMARTS) is 1. The van der Waals surface area contributed by atoms with Crippen molar-refractivity contribution in [2.75, 3.05) is 131 Å². The first kappa shape index (κ1) is 73.0. The summed E-state index contributed by atoms with van der Waals surface area (Å²) in [4.78, 5) is 59.9. The molecular formula is C62H115N11O11. The molecule has 3 amide bonds. The van der Waals surface area contributed by atoms with Gasteiger partial charge in [-0.1, -0.05) is 95.4 Å². The molecule has 13 N–H and O–H groups in total. The van der Waals surface area contributed by atoms with Gasteiger partial charge in [-0.3, -0.25) is 24.2 Å². The zero-order valence-electron chi connectivity index (χ0n) is 51.5. The Balaban J connectivity index is 1.20. The van der Waals surface area contributed by atoms with Crippen molar-refractivity contribution in [3.8, 4) is 0 Å². The fourth-order valence-electron chi connectivity index (χ4n) is 11.0. The van der Waals surface area contributed by atoms with Gasteiger partial charge in [-0.05, 0) is 134 Å². The van der Waals surface area contributed by atoms with E-state index in [0.717, 1.165) is 182 Å². The van der Waals surface area contributed by atoms with Crippen molar-refractivity contribution in [2.24, 2.45) is 0 Å². The zero-order chi connectivity index (χ0) is 60.2. The smallest absolute Gasteiger partial charge is 0.328 e. The highest BCUT2D eigenvalue weighted by atomic mass is 16.7. The Morgan fingerprint density at radius 2 is 1.07 bits per heavy atom. The van der Waals surface area contributed by atoms with Crippen LogP contribution >= 0.6 is 0 Å². The molecule has 0 radical (unpaired) electrons. The molecule has 0 spiro atoms. The first-order chi connectivity index (χ1) is 41.0. The van der Waals surface area contributed by atoms with Crippen molar-refractivity contribution in [1.29, 1.82) is 0 Å². The van der Waals surface area contributed by atoms with E-state index in [0.29, 0.717) is 32.2 Å². The number of nitrogens with one attached hydrogen (secondary N) is 8. The van der Waals surface area contributed by atoms with Crippen molar-refractivity contribution in [3.63, 3.8) is 0 Å². The van der Waals surface area contributed by atoms with Crippen LogP contribution in [-0.4, -0.2) is 238 Å². The maximum atomic E-state index is 13.7. The number of carboxylic acids is 1. The van der Waals surface area contributed by atoms with Crippen LogP contribution in [0.15, 0.2) is 24.3 Å². The molecule has 22 nitrogen and oxygen atoms in total. The minimum atomic E-state index is -1.76. The van der Waals surface area contributed by atoms with Crippen molar-refractivity contribution in [3.05, 3.63) is 35.4 Å². The Bertz CT molecular complexity index is 1850. The van der Waals surface area contributed by atoms with E-state index < -0.39 is 67.9 Å². The van der Waals surface area contributed by atoms with Gasteiger partial charge in [-0.2, -0.15) is 0 Å². The number of aliphatic carboxylic acids is 1. The fourth-order valence-corrected chi connectivity index (χ4v) is 11.0. The van der Waals surface area contributed by atoms with Crippen LogP contribution in [0.4, 0.5) is 0 Å². The molecule has 1 aromatic carbocycles. The van der Waals surface area contributed by atoms with Gasteiger partial charge in [-0.25, -0.2) is 4.79 Å². The molecule has 0 aromatic heterocycles. The van der Waals surface area contributed by atoms with E-state index in [1.165, 1.54) is 56.1 Å². The van der Waals surface area contributed by atoms with Crippen LogP contribution in [-0.2, 0) is 41.7 Å². The molecule has 3 aliphatic rings. The summed E-state index contributed by atoms with van der Waals surface area (Å²) in [5.41, 5.74) is 2.70. The van der Waals surface area contributed by atoms with E-state index in [1.54, 1.807) is 0 Å². The third-order valence-electron chi connectivity index (χ3n) is 16.2. The molecular weight excluding hydrogens is 1070 g/mol. The third-order valence-corrected chi connectivity index (χ3v) is 16.2. The van der Waals surface area contributed by atoms with Crippen LogP contribution in [0.5, 0.6) is 0 Å². The summed E-state index contributed by atoms with van der Waals surface area (Å²) >= 11 is 0. The minimum absolute atomic E-state index is 0.0410. The molecule has 1 aromatic rings. The molecule has 7 atom stereocenters. The molecule has 0 saturated carbocycles. The Labute approximate surface area is 503 Å². The lowest BCUT2D eigenvalue weighted by Gasteiger charge is -2.39. The molecule has 484 valence electrons. The predicted molar refractivity (Wildman–Crippen MR) is 329 cm³/mol. The van der Waals surface area contributed by atoms with Gasteiger partial charge in [0.2, 0.25) is 17.7 Å². The van der Waals surface area contributed by atoms with Gasteiger partial charge in [0, 0.05) is 84.8 Å². The Morgan fingerprint density at radius 1 is 0.560 bits per heavy atom. The van der Waals surface area contributed by atoms with Crippen molar-refractivity contribution in [2.45, 2.75) is 204 Å². The Morgan fingerprint density at radius 3 is 1.65 bits per heavy atom. The summed E-state index contributed by atoms with van der Waals surface area (Å²) in [5.74, 6) is -2.55. The summed E-state index contributed by atoms with van der Waals surface area (Å²) in [5, 5.41) is 76.5. The summed E-state index contributed by atoms with van der Waals surface area (Å²) in [6.45, 7) is 20.1. The number of aliphatic hydroxyl groups excluding tert-OH is 4. The van der Waals surface area contributed by atoms with E-state index in [1.807, 2.05) is 0 Å². The number of benzene rings is 1. The lowest BCUT2D eigenvalue weighted by atomic mass is 9.99. The molecule has 3 heterocycles. The highest BCUT2D eigenvalue weighted by Gasteiger charge is 2.44. The number of amides is 3. The second-order valence-electron chi connectivity index (χ2n) is 23.5. The molecule has 4 rings (SSSR count). The normalized spacial score (nSPS) is 22.9. The topological polar surface area (TPSA) is 294 Å². The van der Waals surface area contributed by atoms with Crippen LogP contribution in [0.3, 0.4) is 0 Å². The van der Waals surface area contributed by atoms with Crippen LogP contribution in [0.1, 0.15) is 159 Å². The highest BCUT2D eigenvalue weighted by Crippen LogP contribution is 2.22. The van der Waals surface area contributed by atoms with E-state index in [-0.39, 0.29) is 24.7 Å². The summed E-state index contributed by atoms with van der Waals surface area (Å²) in [6, 6.07) is 6.58. The molecule has 0 bridgehead atoms. The fraction of sp³-hybridized carbons (Fsp3) is 0.839. The van der Waals surface area contributed by atoms with Gasteiger partial charge in [0.25, 0.3) is 0 Å². The van der Waals surface area contributed by atoms with E-state index in [9.17, 15) is 44.7 Å². The lowest BCUT2D eigenvalue weighted by molar-refractivity contribution is -0.301. The highest BCUT2D eigenvalue weighted by molar-refractivity contribution is 5.90. The number of aliphatic hydroxyl groups is 4. The van der Waals surface area contributed by atoms with Crippen LogP contribution < -0.4 is 42.5 Å². The SMILES string of the molecule is CCCCCCCCCCCCCC(=O)N[C@@H](CCCCNC(=O)CCCCN1CCCN(Cc2ccc(CN3CCCNCCNCCCNCC3)cc2)CCNCCCNCC1)C(=O)N[C@@H](CO[C@@H]1O[C@H](CO)[C@H](O)[C@H](O)[C@H]1O)C(=O)O. The van der Waals surface area contributed by atoms with Gasteiger partial charge < -0.3 is 82.4 Å². The summed E-state index contributed by atoms with van der Waals surface area (Å²) in [6.07, 6.45) is 12.3. The quantitative estimate of drug-likeness (QED) is 0.0440. The second-order valence-corrected chi connectivity index (χ2v) is 23.5. The number of carbonyl (C=O) groups is 4. The monoisotopic (exact) mass is 1190 g/mol. The molecule has 0 aliphatic carbocycles. The van der Waals surface area contributed by atoms with E-state index >= 15 is 0 Å². The summed E-state index contributed by atoms with van der Waals surface area (Å²) < 4.78 is 10.8. The molecule has 3 saturated heterocycles. The average molecular weight is 1190 g/mol. The predicted octanol–water partition coefficient (Wildman–Crippen LogP) is 2.16. The number of hydrogen-bond donors (Lipinski definition) is 13. The van der Waals surface area contributed by atoms with Gasteiger partial charge in [0.1, 0.15) is 30.5 Å². The number of nitrogens with zero attached hydrogens (tertiary/aromatic N) is 3. The molecule has 84 heavy (non-hydrogen) atoms.